The van der Waals surface area contributed by atoms with Gasteiger partial charge in [-0.2, -0.15) is 8.78 Å². The van der Waals surface area contributed by atoms with Crippen LogP contribution in [0.1, 0.15) is 109 Å². The molecule has 0 aliphatic heterocycles. The third-order valence-electron chi connectivity index (χ3n) is 8.43. The molecule has 0 fully saturated rings. The molecule has 0 aliphatic rings. The normalized spacial score (nSPS) is 10.6. The van der Waals surface area contributed by atoms with Crippen LogP contribution in [0.4, 0.5) is 17.6 Å². The zero-order valence-electron chi connectivity index (χ0n) is 39.3. The first kappa shape index (κ1) is 64.3. The smallest absolute Gasteiger partial charge is 0.343 e. The van der Waals surface area contributed by atoms with Gasteiger partial charge in [-0.15, -0.1) is 0 Å². The molecular weight excluding hydrogens is 939 g/mol. The fourth-order valence-electron chi connectivity index (χ4n) is 4.85. The summed E-state index contributed by atoms with van der Waals surface area (Å²) in [5.74, 6) is -15.9. The van der Waals surface area contributed by atoms with Crippen molar-refractivity contribution in [2.24, 2.45) is 0 Å². The highest BCUT2D eigenvalue weighted by Gasteiger charge is 2.25. The summed E-state index contributed by atoms with van der Waals surface area (Å²) in [5.41, 5.74) is 1.18. The Morgan fingerprint density at radius 3 is 1.67 bits per heavy atom. The van der Waals surface area contributed by atoms with Crippen LogP contribution in [0.25, 0.3) is 0 Å². The molecule has 20 nitrogen and oxygen atoms in total. The van der Waals surface area contributed by atoms with Crippen LogP contribution in [0.3, 0.4) is 0 Å². The second kappa shape index (κ2) is 36.3. The van der Waals surface area contributed by atoms with Crippen LogP contribution in [-0.2, 0) is 33.6 Å². The van der Waals surface area contributed by atoms with Gasteiger partial charge in [-0.25, -0.2) is 18.4 Å². The summed E-state index contributed by atoms with van der Waals surface area (Å²) in [4.78, 5) is 111. The zero-order chi connectivity index (χ0) is 53.9. The number of ether oxygens (including phenoxy) is 1. The van der Waals surface area contributed by atoms with Crippen molar-refractivity contribution in [1.29, 1.82) is 0 Å². The van der Waals surface area contributed by atoms with E-state index in [1.54, 1.807) is 32.0 Å². The molecule has 0 saturated heterocycles. The average molecular weight is 998 g/mol. The van der Waals surface area contributed by atoms with Gasteiger partial charge >= 0.3 is 29.8 Å². The summed E-state index contributed by atoms with van der Waals surface area (Å²) in [6.45, 7) is 8.77. The molecule has 0 radical (unpaired) electrons. The van der Waals surface area contributed by atoms with Crippen molar-refractivity contribution in [1.82, 2.24) is 26.6 Å². The topological polar surface area (TPSA) is 321 Å². The standard InChI is InChI=1S/C22H32N4O7.C16H9F4NO4.2C3H6O2.C2H6/c1-14-6-5-7-15(12-14)20(30)24-11-4-3-8-17(22(32)33)26-18(27)13-25-21(31)16(23-2)9-10-19(28)29;17-10-7-11(18)13(20)14(12(10)19)25-16(24)9-3-1-2-8(6-9)15(23)21-4-5-22;2*1-2-3(4)5;1-2/h5-7,12,16-17,23H,3-4,8-11,13H2,1-2H3,(H,24,30)(H,25,31)(H,26,27)(H,28,29)(H,32,33);1-3,5-7H,4H2,(H,21,23);2*2H2,1H3,(H,4,5);1-2H3. The van der Waals surface area contributed by atoms with E-state index < -0.39 is 95.2 Å². The molecule has 4 amide bonds. The van der Waals surface area contributed by atoms with Gasteiger partial charge in [-0.1, -0.05) is 51.5 Å². The SMILES string of the molecule is CC.CCC(=O)O.CCC(=O)O.CNC(CCC(=O)O)C(=O)NCC(=O)NC(CCCCNC(=O)c1cccc(C)c1)C(=O)O.O=CCNC(=O)c1cccc(C(=O)Oc2c(F)c(F)cc(F)c2F)c1. The Morgan fingerprint density at radius 2 is 1.19 bits per heavy atom. The Kier molecular flexibility index (Phi) is 33.4. The largest absolute Gasteiger partial charge is 0.481 e. The van der Waals surface area contributed by atoms with Gasteiger partial charge in [-0.05, 0) is 70.0 Å². The van der Waals surface area contributed by atoms with E-state index in [1.165, 1.54) is 19.2 Å². The van der Waals surface area contributed by atoms with Gasteiger partial charge in [0, 0.05) is 43.0 Å². The maximum absolute atomic E-state index is 13.5. The molecule has 0 aliphatic carbocycles. The van der Waals surface area contributed by atoms with Crippen molar-refractivity contribution in [2.45, 2.75) is 91.6 Å². The molecule has 0 spiro atoms. The molecule has 0 heterocycles. The van der Waals surface area contributed by atoms with Gasteiger partial charge in [0.05, 0.1) is 24.7 Å². The number of hydrogen-bond acceptors (Lipinski definition) is 12. The van der Waals surface area contributed by atoms with Gasteiger partial charge in [0.1, 0.15) is 12.3 Å². The number of aldehydes is 1. The minimum atomic E-state index is -1.87. The Hall–Kier alpha value is -7.76. The van der Waals surface area contributed by atoms with E-state index >= 15 is 0 Å². The summed E-state index contributed by atoms with van der Waals surface area (Å²) in [7, 11) is 1.50. The summed E-state index contributed by atoms with van der Waals surface area (Å²) in [6.07, 6.45) is 1.87. The molecule has 9 N–H and O–H groups in total. The Morgan fingerprint density at radius 1 is 0.671 bits per heavy atom. The van der Waals surface area contributed by atoms with E-state index in [0.29, 0.717) is 31.2 Å². The van der Waals surface area contributed by atoms with Gasteiger partial charge < -0.3 is 56.5 Å². The number of rotatable bonds is 22. The molecule has 0 aromatic heterocycles. The number of esters is 1. The molecule has 3 aromatic carbocycles. The van der Waals surface area contributed by atoms with Crippen molar-refractivity contribution in [3.8, 4) is 5.75 Å². The number of unbranched alkanes of at least 4 members (excludes halogenated alkanes) is 1. The number of halogens is 4. The maximum atomic E-state index is 13.5. The number of hydrogen-bond donors (Lipinski definition) is 9. The molecule has 0 bridgehead atoms. The van der Waals surface area contributed by atoms with Gasteiger partial charge in [0.25, 0.3) is 11.8 Å². The van der Waals surface area contributed by atoms with Crippen LogP contribution in [0.5, 0.6) is 5.75 Å². The van der Waals surface area contributed by atoms with Crippen molar-refractivity contribution >= 4 is 59.8 Å². The average Bonchev–Trinajstić information content (AvgIpc) is 3.33. The molecule has 3 rings (SSSR count). The summed E-state index contributed by atoms with van der Waals surface area (Å²) in [5, 5.41) is 45.9. The number of likely N-dealkylation sites (N-methyl/N-ethyl adjacent to an activating group) is 1. The van der Waals surface area contributed by atoms with Gasteiger partial charge in [0.2, 0.25) is 29.2 Å². The van der Waals surface area contributed by atoms with Crippen LogP contribution >= 0.6 is 0 Å². The van der Waals surface area contributed by atoms with E-state index in [1.807, 2.05) is 26.8 Å². The minimum absolute atomic E-state index is 0.0278. The van der Waals surface area contributed by atoms with Crippen molar-refractivity contribution in [3.05, 3.63) is 100 Å². The summed E-state index contributed by atoms with van der Waals surface area (Å²) in [6, 6.07) is 9.98. The van der Waals surface area contributed by atoms with Crippen LogP contribution < -0.4 is 31.3 Å². The van der Waals surface area contributed by atoms with Crippen molar-refractivity contribution in [2.75, 3.05) is 26.7 Å². The summed E-state index contributed by atoms with van der Waals surface area (Å²) >= 11 is 0. The van der Waals surface area contributed by atoms with E-state index in [2.05, 4.69) is 31.3 Å². The molecule has 386 valence electrons. The second-order valence-electron chi connectivity index (χ2n) is 13.7. The van der Waals surface area contributed by atoms with E-state index in [-0.39, 0.29) is 61.7 Å². The van der Waals surface area contributed by atoms with Gasteiger partial charge in [-0.3, -0.25) is 33.6 Å². The molecular formula is C46H59F4N5O15. The number of aryl methyl sites for hydroxylation is 1. The van der Waals surface area contributed by atoms with Crippen molar-refractivity contribution in [3.63, 3.8) is 0 Å². The van der Waals surface area contributed by atoms with E-state index in [0.717, 1.165) is 17.7 Å². The third-order valence-corrected chi connectivity index (χ3v) is 8.43. The third kappa shape index (κ3) is 27.2. The lowest BCUT2D eigenvalue weighted by molar-refractivity contribution is -0.142. The zero-order valence-corrected chi connectivity index (χ0v) is 39.3. The quantitative estimate of drug-likeness (QED) is 0.0168. The molecule has 2 atom stereocenters. The predicted molar refractivity (Wildman–Crippen MR) is 243 cm³/mol. The molecule has 70 heavy (non-hydrogen) atoms. The van der Waals surface area contributed by atoms with Crippen LogP contribution in [0, 0.1) is 30.2 Å². The van der Waals surface area contributed by atoms with Crippen LogP contribution in [-0.4, -0.2) is 119 Å². The van der Waals surface area contributed by atoms with E-state index in [4.69, 9.17) is 15.3 Å². The predicted octanol–water partition coefficient (Wildman–Crippen LogP) is 4.41. The minimum Gasteiger partial charge on any atom is -0.481 e. The van der Waals surface area contributed by atoms with Crippen molar-refractivity contribution < 1.29 is 90.7 Å². The number of carboxylic acid groups (broad SMARTS) is 4. The highest BCUT2D eigenvalue weighted by molar-refractivity contribution is 5.99. The Balaban J connectivity index is 0. The second-order valence-corrected chi connectivity index (χ2v) is 13.7. The highest BCUT2D eigenvalue weighted by Crippen LogP contribution is 2.27. The van der Waals surface area contributed by atoms with Crippen LogP contribution in [0.15, 0.2) is 54.6 Å². The number of amides is 4. The van der Waals surface area contributed by atoms with Crippen LogP contribution in [0.2, 0.25) is 0 Å². The molecule has 3 aromatic rings. The lowest BCUT2D eigenvalue weighted by Gasteiger charge is -2.17. The Bertz CT molecular complexity index is 2190. The lowest BCUT2D eigenvalue weighted by Crippen LogP contribution is -2.49. The van der Waals surface area contributed by atoms with E-state index in [9.17, 15) is 70.6 Å². The number of nitrogens with one attached hydrogen (secondary N) is 5. The first-order valence-corrected chi connectivity index (χ1v) is 21.4. The highest BCUT2D eigenvalue weighted by atomic mass is 19.2. The molecule has 24 heteroatoms. The Labute approximate surface area is 400 Å². The fourth-order valence-corrected chi connectivity index (χ4v) is 4.85. The molecule has 2 unspecified atom stereocenters. The fraction of sp³-hybridized carbons (Fsp3) is 0.391. The monoisotopic (exact) mass is 997 g/mol. The van der Waals surface area contributed by atoms with Gasteiger partial charge in [0.15, 0.2) is 11.6 Å². The number of carbonyl (C=O) groups is 10. The number of carbonyl (C=O) groups excluding carboxylic acids is 6. The number of aliphatic carboxylic acids is 4. The first-order chi connectivity index (χ1) is 33.0. The first-order valence-electron chi connectivity index (χ1n) is 21.4. The maximum Gasteiger partial charge on any atom is 0.343 e. The summed E-state index contributed by atoms with van der Waals surface area (Å²) < 4.78 is 57.6. The lowest BCUT2D eigenvalue weighted by atomic mass is 10.1. The number of benzene rings is 3. The number of carboxylic acids is 4. The molecule has 0 saturated carbocycles.